The summed E-state index contributed by atoms with van der Waals surface area (Å²) in [7, 11) is 4.16. The van der Waals surface area contributed by atoms with Gasteiger partial charge in [0.25, 0.3) is 0 Å². The Labute approximate surface area is 216 Å². The van der Waals surface area contributed by atoms with E-state index in [4.69, 9.17) is 22.2 Å². The molecule has 6 nitrogen and oxygen atoms in total. The van der Waals surface area contributed by atoms with E-state index in [9.17, 15) is 0 Å². The third-order valence-electron chi connectivity index (χ3n) is 7.34. The zero-order valence-electron chi connectivity index (χ0n) is 21.9. The molecule has 1 heterocycles. The Hall–Kier alpha value is -2.41. The monoisotopic (exact) mass is 494 g/mol. The summed E-state index contributed by atoms with van der Waals surface area (Å²) in [4.78, 5) is 11.9. The molecule has 0 unspecified atom stereocenters. The second-order valence-corrected chi connectivity index (χ2v) is 10.9. The van der Waals surface area contributed by atoms with Crippen molar-refractivity contribution in [3.8, 4) is 0 Å². The first-order valence-electron chi connectivity index (χ1n) is 13.4. The van der Waals surface area contributed by atoms with Gasteiger partial charge in [0.05, 0.1) is 5.69 Å². The van der Waals surface area contributed by atoms with Crippen molar-refractivity contribution in [1.82, 2.24) is 15.3 Å². The van der Waals surface area contributed by atoms with Crippen LogP contribution >= 0.6 is 12.2 Å². The van der Waals surface area contributed by atoms with Crippen LogP contribution in [0.25, 0.3) is 0 Å². The molecule has 0 bridgehead atoms. The summed E-state index contributed by atoms with van der Waals surface area (Å²) in [6, 6.07) is 7.47. The first-order chi connectivity index (χ1) is 16.9. The molecule has 35 heavy (non-hydrogen) atoms. The lowest BCUT2D eigenvalue weighted by atomic mass is 9.91. The molecule has 0 saturated heterocycles. The number of hydrogen-bond donors (Lipinski definition) is 3. The Kier molecular flexibility index (Phi) is 8.82. The zero-order valence-corrected chi connectivity index (χ0v) is 22.7. The molecule has 3 N–H and O–H groups in total. The number of aryl methyl sites for hydroxylation is 3. The molecule has 0 amide bonds. The van der Waals surface area contributed by atoms with E-state index in [1.807, 2.05) is 0 Å². The maximum atomic E-state index is 5.65. The van der Waals surface area contributed by atoms with Crippen LogP contribution < -0.4 is 20.9 Å². The van der Waals surface area contributed by atoms with E-state index in [-0.39, 0.29) is 0 Å². The fraction of sp³-hybridized carbons (Fsp3) is 0.607. The molecule has 7 heteroatoms. The molecule has 0 aliphatic heterocycles. The molecule has 0 spiro atoms. The number of thiocarbonyl (C=S) groups is 1. The Balaban J connectivity index is 1.27. The minimum atomic E-state index is 0.402. The largest absolute Gasteiger partial charge is 0.362 e. The van der Waals surface area contributed by atoms with Gasteiger partial charge >= 0.3 is 0 Å². The lowest BCUT2D eigenvalue weighted by Gasteiger charge is -2.31. The van der Waals surface area contributed by atoms with Gasteiger partial charge in [-0.15, -0.1) is 0 Å². The topological polar surface area (TPSA) is 65.1 Å². The Morgan fingerprint density at radius 3 is 2.51 bits per heavy atom. The molecule has 1 fully saturated rings. The summed E-state index contributed by atoms with van der Waals surface area (Å²) in [6.07, 6.45) is 12.6. The number of nitrogens with one attached hydrogen (secondary N) is 3. The van der Waals surface area contributed by atoms with Crippen LogP contribution in [0.2, 0.25) is 0 Å². The number of unbranched alkanes of at least 4 members (excludes halogenated alkanes) is 1. The van der Waals surface area contributed by atoms with Crippen LogP contribution in [-0.4, -0.2) is 41.3 Å². The van der Waals surface area contributed by atoms with Gasteiger partial charge in [0, 0.05) is 37.4 Å². The molecule has 4 rings (SSSR count). The molecular formula is C28H42N6S. The standard InChI is InChI=1S/C28H42N6S/c1-5-6-9-20-12-17-24(19(2)18-20)32-28(35)30-22-15-13-21(14-16-22)29-27-31-25-11-8-7-10-23(25)26(33-27)34(3)4/h12,17-18,21-22H,5-11,13-16H2,1-4H3,(H,29,31,33)(H2,30,32,35)/t21-,22+. The van der Waals surface area contributed by atoms with Crippen LogP contribution in [0.4, 0.5) is 17.5 Å². The maximum Gasteiger partial charge on any atom is 0.225 e. The van der Waals surface area contributed by atoms with Crippen molar-refractivity contribution in [3.05, 3.63) is 40.6 Å². The van der Waals surface area contributed by atoms with E-state index in [0.29, 0.717) is 12.1 Å². The van der Waals surface area contributed by atoms with Crippen molar-refractivity contribution in [3.63, 3.8) is 0 Å². The highest BCUT2D eigenvalue weighted by atomic mass is 32.1. The first kappa shape index (κ1) is 25.7. The van der Waals surface area contributed by atoms with Gasteiger partial charge in [-0.25, -0.2) is 4.98 Å². The summed E-state index contributed by atoms with van der Waals surface area (Å²) >= 11 is 5.65. The Morgan fingerprint density at radius 2 is 1.80 bits per heavy atom. The maximum absolute atomic E-state index is 5.65. The van der Waals surface area contributed by atoms with Gasteiger partial charge in [0.2, 0.25) is 5.95 Å². The SMILES string of the molecule is CCCCc1ccc(NC(=S)N[C@H]2CC[C@@H](Nc3nc4c(c(N(C)C)n3)CCCC4)CC2)c(C)c1. The van der Waals surface area contributed by atoms with Gasteiger partial charge in [0.15, 0.2) is 5.11 Å². The number of rotatable bonds is 8. The van der Waals surface area contributed by atoms with Crippen LogP contribution in [0.1, 0.15) is 80.7 Å². The van der Waals surface area contributed by atoms with Gasteiger partial charge in [-0.1, -0.05) is 25.5 Å². The zero-order chi connectivity index (χ0) is 24.8. The highest BCUT2D eigenvalue weighted by molar-refractivity contribution is 7.80. The number of anilines is 3. The van der Waals surface area contributed by atoms with E-state index in [2.05, 4.69) is 67.0 Å². The number of benzene rings is 1. The summed E-state index contributed by atoms with van der Waals surface area (Å²) in [5, 5.41) is 11.3. The van der Waals surface area contributed by atoms with Crippen molar-refractivity contribution >= 4 is 34.8 Å². The van der Waals surface area contributed by atoms with Gasteiger partial charge in [-0.2, -0.15) is 4.98 Å². The van der Waals surface area contributed by atoms with Crippen LogP contribution in [0.3, 0.4) is 0 Å². The third kappa shape index (κ3) is 6.84. The molecule has 2 aliphatic rings. The average Bonchev–Trinajstić information content (AvgIpc) is 2.85. The van der Waals surface area contributed by atoms with Crippen LogP contribution in [-0.2, 0) is 19.3 Å². The van der Waals surface area contributed by atoms with Crippen LogP contribution in [0.5, 0.6) is 0 Å². The van der Waals surface area contributed by atoms with Gasteiger partial charge in [0.1, 0.15) is 5.82 Å². The fourth-order valence-electron chi connectivity index (χ4n) is 5.32. The molecule has 190 valence electrons. The average molecular weight is 495 g/mol. The summed E-state index contributed by atoms with van der Waals surface area (Å²) < 4.78 is 0. The van der Waals surface area contributed by atoms with Crippen LogP contribution in [0.15, 0.2) is 18.2 Å². The molecule has 1 aromatic carbocycles. The van der Waals surface area contributed by atoms with Gasteiger partial charge in [-0.3, -0.25) is 0 Å². The number of fused-ring (bicyclic) bond motifs is 1. The van der Waals surface area contributed by atoms with Crippen molar-refractivity contribution in [2.45, 2.75) is 96.6 Å². The molecule has 1 aromatic heterocycles. The van der Waals surface area contributed by atoms with E-state index < -0.39 is 0 Å². The number of nitrogens with zero attached hydrogens (tertiary/aromatic N) is 3. The van der Waals surface area contributed by atoms with Crippen molar-refractivity contribution in [2.24, 2.45) is 0 Å². The Bertz CT molecular complexity index is 1010. The Morgan fingerprint density at radius 1 is 1.06 bits per heavy atom. The minimum Gasteiger partial charge on any atom is -0.362 e. The van der Waals surface area contributed by atoms with E-state index in [1.54, 1.807) is 0 Å². The summed E-state index contributed by atoms with van der Waals surface area (Å²) in [5.41, 5.74) is 6.32. The third-order valence-corrected chi connectivity index (χ3v) is 7.56. The number of hydrogen-bond acceptors (Lipinski definition) is 5. The highest BCUT2D eigenvalue weighted by Crippen LogP contribution is 2.29. The normalized spacial score (nSPS) is 19.5. The van der Waals surface area contributed by atoms with Gasteiger partial charge < -0.3 is 20.9 Å². The highest BCUT2D eigenvalue weighted by Gasteiger charge is 2.24. The van der Waals surface area contributed by atoms with E-state index >= 15 is 0 Å². The molecule has 2 aliphatic carbocycles. The minimum absolute atomic E-state index is 0.402. The predicted octanol–water partition coefficient (Wildman–Crippen LogP) is 5.78. The quantitative estimate of drug-likeness (QED) is 0.402. The number of aromatic nitrogens is 2. The second-order valence-electron chi connectivity index (χ2n) is 10.4. The van der Waals surface area contributed by atoms with Crippen molar-refractivity contribution < 1.29 is 0 Å². The van der Waals surface area contributed by atoms with Crippen molar-refractivity contribution in [2.75, 3.05) is 29.6 Å². The molecule has 2 aromatic rings. The smallest absolute Gasteiger partial charge is 0.225 e. The van der Waals surface area contributed by atoms with E-state index in [1.165, 1.54) is 48.1 Å². The molecular weight excluding hydrogens is 452 g/mol. The van der Waals surface area contributed by atoms with E-state index in [0.717, 1.165) is 67.5 Å². The summed E-state index contributed by atoms with van der Waals surface area (Å²) in [6.45, 7) is 4.39. The van der Waals surface area contributed by atoms with Crippen LogP contribution in [0, 0.1) is 6.92 Å². The lowest BCUT2D eigenvalue weighted by molar-refractivity contribution is 0.387. The fourth-order valence-corrected chi connectivity index (χ4v) is 5.60. The van der Waals surface area contributed by atoms with Crippen molar-refractivity contribution in [1.29, 1.82) is 0 Å². The predicted molar refractivity (Wildman–Crippen MR) is 152 cm³/mol. The molecule has 1 saturated carbocycles. The second kappa shape index (κ2) is 12.0. The molecule has 0 radical (unpaired) electrons. The van der Waals surface area contributed by atoms with Gasteiger partial charge in [-0.05, 0) is 101 Å². The lowest BCUT2D eigenvalue weighted by Crippen LogP contribution is -2.42. The first-order valence-corrected chi connectivity index (χ1v) is 13.8. The molecule has 0 atom stereocenters. The summed E-state index contributed by atoms with van der Waals surface area (Å²) in [5.74, 6) is 1.87.